The molecule has 3 aromatic carbocycles. The van der Waals surface area contributed by atoms with Crippen LogP contribution in [0.1, 0.15) is 35.3 Å². The highest BCUT2D eigenvalue weighted by molar-refractivity contribution is 5.85. The van der Waals surface area contributed by atoms with Crippen LogP contribution in [-0.2, 0) is 13.0 Å². The van der Waals surface area contributed by atoms with Gasteiger partial charge in [0.1, 0.15) is 5.75 Å². The molecule has 1 aliphatic heterocycles. The van der Waals surface area contributed by atoms with E-state index in [0.29, 0.717) is 13.2 Å². The van der Waals surface area contributed by atoms with Gasteiger partial charge in [-0.15, -0.1) is 0 Å². The zero-order valence-electron chi connectivity index (χ0n) is 19.2. The number of nitrogens with zero attached hydrogens (tertiary/aromatic N) is 1. The third kappa shape index (κ3) is 3.49. The average Bonchev–Trinajstić information content (AvgIpc) is 3.24. The highest BCUT2D eigenvalue weighted by Gasteiger charge is 2.33. The van der Waals surface area contributed by atoms with Gasteiger partial charge < -0.3 is 14.7 Å². The molecule has 0 amide bonds. The molecule has 0 bridgehead atoms. The minimum Gasteiger partial charge on any atom is -0.494 e. The number of ether oxygens (including phenoxy) is 1. The molecule has 2 aromatic heterocycles. The van der Waals surface area contributed by atoms with E-state index in [1.165, 1.54) is 16.6 Å². The highest BCUT2D eigenvalue weighted by atomic mass is 16.5. The third-order valence-corrected chi connectivity index (χ3v) is 6.85. The van der Waals surface area contributed by atoms with Crippen molar-refractivity contribution in [2.24, 2.45) is 0 Å². The largest absolute Gasteiger partial charge is 0.494 e. The molecular weight excluding hydrogens is 422 g/mol. The lowest BCUT2D eigenvalue weighted by Crippen LogP contribution is -2.37. The van der Waals surface area contributed by atoms with Crippen LogP contribution in [0.3, 0.4) is 0 Å². The molecule has 3 heterocycles. The molecule has 0 saturated carbocycles. The molecule has 0 radical (unpaired) electrons. The molecule has 0 aliphatic carbocycles. The van der Waals surface area contributed by atoms with Gasteiger partial charge in [-0.25, -0.2) is 0 Å². The number of H-pyrrole nitrogens is 2. The second-order valence-electron chi connectivity index (χ2n) is 8.87. The number of benzene rings is 3. The lowest BCUT2D eigenvalue weighted by molar-refractivity contribution is 0.196. The van der Waals surface area contributed by atoms with Crippen molar-refractivity contribution in [2.45, 2.75) is 25.9 Å². The van der Waals surface area contributed by atoms with Crippen LogP contribution in [0.2, 0.25) is 0 Å². The maximum atomic E-state index is 13.0. The lowest BCUT2D eigenvalue weighted by atomic mass is 9.91. The van der Waals surface area contributed by atoms with Crippen molar-refractivity contribution in [3.05, 3.63) is 112 Å². The number of fused-ring (bicyclic) bond motifs is 4. The maximum Gasteiger partial charge on any atom is 0.252 e. The summed E-state index contributed by atoms with van der Waals surface area (Å²) < 4.78 is 6.05. The molecule has 6 rings (SSSR count). The number of aromatic nitrogens is 2. The zero-order chi connectivity index (χ0) is 23.1. The quantitative estimate of drug-likeness (QED) is 0.370. The molecule has 0 unspecified atom stereocenters. The van der Waals surface area contributed by atoms with Crippen molar-refractivity contribution < 1.29 is 4.74 Å². The van der Waals surface area contributed by atoms with E-state index >= 15 is 0 Å². The molecule has 5 aromatic rings. The number of aromatic amines is 2. The SMILES string of the molecule is CCOc1ccccc1[C@H]1c2[nH]c3ccccc3c2CCN1Cc1cc2ccccc2[nH]c1=O. The summed E-state index contributed by atoms with van der Waals surface area (Å²) in [7, 11) is 0. The van der Waals surface area contributed by atoms with Crippen LogP contribution >= 0.6 is 0 Å². The van der Waals surface area contributed by atoms with Gasteiger partial charge in [-0.2, -0.15) is 0 Å². The van der Waals surface area contributed by atoms with Gasteiger partial charge in [0.25, 0.3) is 5.56 Å². The Morgan fingerprint density at radius 2 is 1.71 bits per heavy atom. The molecule has 5 heteroatoms. The summed E-state index contributed by atoms with van der Waals surface area (Å²) in [6.07, 6.45) is 0.929. The maximum absolute atomic E-state index is 13.0. The van der Waals surface area contributed by atoms with Crippen molar-refractivity contribution in [1.29, 1.82) is 0 Å². The molecule has 170 valence electrons. The Balaban J connectivity index is 1.49. The number of nitrogens with one attached hydrogen (secondary N) is 2. The summed E-state index contributed by atoms with van der Waals surface area (Å²) in [6, 6.07) is 26.7. The molecule has 0 saturated heterocycles. The minimum atomic E-state index is -0.0372. The summed E-state index contributed by atoms with van der Waals surface area (Å²) in [6.45, 7) is 4.03. The first-order valence-electron chi connectivity index (χ1n) is 11.9. The Morgan fingerprint density at radius 1 is 0.941 bits per heavy atom. The molecule has 1 aliphatic rings. The van der Waals surface area contributed by atoms with Gasteiger partial charge in [0.05, 0.1) is 12.6 Å². The Morgan fingerprint density at radius 3 is 2.59 bits per heavy atom. The number of hydrogen-bond acceptors (Lipinski definition) is 3. The summed E-state index contributed by atoms with van der Waals surface area (Å²) in [5, 5.41) is 2.33. The van der Waals surface area contributed by atoms with Crippen molar-refractivity contribution in [3.8, 4) is 5.75 Å². The van der Waals surface area contributed by atoms with E-state index in [0.717, 1.165) is 46.3 Å². The van der Waals surface area contributed by atoms with Gasteiger partial charge in [0, 0.05) is 46.3 Å². The van der Waals surface area contributed by atoms with Gasteiger partial charge in [-0.05, 0) is 48.6 Å². The fourth-order valence-corrected chi connectivity index (χ4v) is 5.34. The number of para-hydroxylation sites is 3. The molecule has 0 fully saturated rings. The average molecular weight is 450 g/mol. The van der Waals surface area contributed by atoms with Crippen LogP contribution in [0.4, 0.5) is 0 Å². The van der Waals surface area contributed by atoms with Gasteiger partial charge in [-0.3, -0.25) is 9.69 Å². The van der Waals surface area contributed by atoms with Crippen LogP contribution in [0, 0.1) is 0 Å². The molecule has 34 heavy (non-hydrogen) atoms. The first kappa shape index (κ1) is 20.8. The van der Waals surface area contributed by atoms with Gasteiger partial charge in [0.2, 0.25) is 0 Å². The molecular formula is C29H27N3O2. The highest BCUT2D eigenvalue weighted by Crippen LogP contribution is 2.42. The van der Waals surface area contributed by atoms with Crippen molar-refractivity contribution >= 4 is 21.8 Å². The Bertz CT molecular complexity index is 1550. The van der Waals surface area contributed by atoms with E-state index < -0.39 is 0 Å². The summed E-state index contributed by atoms with van der Waals surface area (Å²) in [5.74, 6) is 0.888. The minimum absolute atomic E-state index is 0.0296. The van der Waals surface area contributed by atoms with Crippen molar-refractivity contribution in [2.75, 3.05) is 13.2 Å². The molecule has 2 N–H and O–H groups in total. The topological polar surface area (TPSA) is 61.1 Å². The normalized spacial score (nSPS) is 16.1. The monoisotopic (exact) mass is 449 g/mol. The molecule has 5 nitrogen and oxygen atoms in total. The van der Waals surface area contributed by atoms with E-state index in [-0.39, 0.29) is 11.6 Å². The fraction of sp³-hybridized carbons (Fsp3) is 0.207. The number of hydrogen-bond donors (Lipinski definition) is 2. The van der Waals surface area contributed by atoms with Crippen LogP contribution in [0.25, 0.3) is 21.8 Å². The summed E-state index contributed by atoms with van der Waals surface area (Å²) in [5.41, 5.74) is 6.43. The van der Waals surface area contributed by atoms with Gasteiger partial charge in [-0.1, -0.05) is 54.6 Å². The third-order valence-electron chi connectivity index (χ3n) is 6.85. The van der Waals surface area contributed by atoms with E-state index in [1.807, 2.05) is 49.4 Å². The standard InChI is InChI=1S/C29H27N3O2/c1-2-34-26-14-8-5-11-23(26)28-27-22(21-10-4-7-13-25(21)30-27)15-16-32(28)18-20-17-19-9-3-6-12-24(19)31-29(20)33/h3-14,17,28,30H,2,15-16,18H2,1H3,(H,31,33)/t28-/m0/s1. The van der Waals surface area contributed by atoms with Crippen molar-refractivity contribution in [3.63, 3.8) is 0 Å². The Kier molecular flexibility index (Phi) is 5.19. The fourth-order valence-electron chi connectivity index (χ4n) is 5.34. The second-order valence-corrected chi connectivity index (χ2v) is 8.87. The van der Waals surface area contributed by atoms with Crippen molar-refractivity contribution in [1.82, 2.24) is 14.9 Å². The number of rotatable bonds is 5. The van der Waals surface area contributed by atoms with Crippen LogP contribution < -0.4 is 10.3 Å². The zero-order valence-corrected chi connectivity index (χ0v) is 19.2. The van der Waals surface area contributed by atoms with E-state index in [1.54, 1.807) is 0 Å². The predicted molar refractivity (Wildman–Crippen MR) is 136 cm³/mol. The van der Waals surface area contributed by atoms with Gasteiger partial charge >= 0.3 is 0 Å². The lowest BCUT2D eigenvalue weighted by Gasteiger charge is -2.36. The predicted octanol–water partition coefficient (Wildman–Crippen LogP) is 5.56. The summed E-state index contributed by atoms with van der Waals surface area (Å²) >= 11 is 0. The van der Waals surface area contributed by atoms with Crippen LogP contribution in [-0.4, -0.2) is 28.0 Å². The molecule has 1 atom stereocenters. The first-order valence-corrected chi connectivity index (χ1v) is 11.9. The second kappa shape index (κ2) is 8.50. The van der Waals surface area contributed by atoms with Crippen LogP contribution in [0.15, 0.2) is 83.7 Å². The van der Waals surface area contributed by atoms with E-state index in [2.05, 4.69) is 51.3 Å². The number of pyridine rings is 1. The van der Waals surface area contributed by atoms with E-state index in [9.17, 15) is 4.79 Å². The Labute approximate surface area is 198 Å². The summed E-state index contributed by atoms with van der Waals surface area (Å²) in [4.78, 5) is 22.2. The first-order chi connectivity index (χ1) is 16.7. The smallest absolute Gasteiger partial charge is 0.252 e. The molecule has 0 spiro atoms. The Hall–Kier alpha value is -3.83. The van der Waals surface area contributed by atoms with Gasteiger partial charge in [0.15, 0.2) is 0 Å². The van der Waals surface area contributed by atoms with Crippen LogP contribution in [0.5, 0.6) is 5.75 Å². The van der Waals surface area contributed by atoms with E-state index in [4.69, 9.17) is 4.74 Å².